The molecule has 4 N–H and O–H groups in total. The second-order valence-corrected chi connectivity index (χ2v) is 3.84. The normalized spacial score (nSPS) is 10.4. The number of nitrogen functional groups attached to an aromatic ring is 1. The molecule has 0 bridgehead atoms. The predicted octanol–water partition coefficient (Wildman–Crippen LogP) is 0.217. The van der Waals surface area contributed by atoms with Crippen LogP contribution < -0.4 is 11.3 Å². The number of rotatable bonds is 5. The van der Waals surface area contributed by atoms with Gasteiger partial charge < -0.3 is 15.8 Å². The lowest BCUT2D eigenvalue weighted by atomic mass is 10.4. The van der Waals surface area contributed by atoms with Crippen LogP contribution in [-0.2, 0) is 0 Å². The van der Waals surface area contributed by atoms with E-state index >= 15 is 0 Å². The second-order valence-electron chi connectivity index (χ2n) is 2.75. The third kappa shape index (κ3) is 3.80. The SMILES string of the molecule is Nc1cc(=O)[nH]c(SCCCCO)n1. The molecule has 0 aliphatic carbocycles. The highest BCUT2D eigenvalue weighted by atomic mass is 32.2. The highest BCUT2D eigenvalue weighted by molar-refractivity contribution is 7.99. The molecular weight excluding hydrogens is 202 g/mol. The lowest BCUT2D eigenvalue weighted by Gasteiger charge is -2.00. The van der Waals surface area contributed by atoms with Crippen LogP contribution in [0.4, 0.5) is 5.82 Å². The Kier molecular flexibility index (Phi) is 4.48. The number of nitrogens with two attached hydrogens (primary N) is 1. The molecule has 1 aromatic rings. The molecule has 0 radical (unpaired) electrons. The number of hydrogen-bond donors (Lipinski definition) is 3. The number of thioether (sulfide) groups is 1. The molecule has 6 heteroatoms. The van der Waals surface area contributed by atoms with E-state index in [0.29, 0.717) is 5.16 Å². The van der Waals surface area contributed by atoms with Crippen molar-refractivity contribution in [1.29, 1.82) is 0 Å². The van der Waals surface area contributed by atoms with Gasteiger partial charge >= 0.3 is 0 Å². The predicted molar refractivity (Wildman–Crippen MR) is 56.3 cm³/mol. The molecule has 1 rings (SSSR count). The number of aliphatic hydroxyl groups excluding tert-OH is 1. The van der Waals surface area contributed by atoms with E-state index < -0.39 is 0 Å². The Morgan fingerprint density at radius 3 is 3.00 bits per heavy atom. The van der Waals surface area contributed by atoms with Crippen LogP contribution in [0.1, 0.15) is 12.8 Å². The average molecular weight is 215 g/mol. The van der Waals surface area contributed by atoms with Gasteiger partial charge in [-0.3, -0.25) is 4.79 Å². The zero-order valence-corrected chi connectivity index (χ0v) is 8.51. The number of H-pyrrole nitrogens is 1. The minimum absolute atomic E-state index is 0.196. The molecule has 0 unspecified atom stereocenters. The van der Waals surface area contributed by atoms with E-state index in [2.05, 4.69) is 9.97 Å². The number of anilines is 1. The lowest BCUT2D eigenvalue weighted by Crippen LogP contribution is -2.09. The van der Waals surface area contributed by atoms with Crippen molar-refractivity contribution in [1.82, 2.24) is 9.97 Å². The monoisotopic (exact) mass is 215 g/mol. The molecule has 0 saturated heterocycles. The first-order valence-corrected chi connectivity index (χ1v) is 5.31. The van der Waals surface area contributed by atoms with Crippen LogP contribution in [0, 0.1) is 0 Å². The van der Waals surface area contributed by atoms with Crippen LogP contribution in [0.3, 0.4) is 0 Å². The first-order valence-electron chi connectivity index (χ1n) is 4.33. The molecule has 0 aliphatic heterocycles. The zero-order chi connectivity index (χ0) is 10.4. The molecule has 0 fully saturated rings. The van der Waals surface area contributed by atoms with Crippen molar-refractivity contribution in [3.05, 3.63) is 16.4 Å². The summed E-state index contributed by atoms with van der Waals surface area (Å²) in [7, 11) is 0. The first-order chi connectivity index (χ1) is 6.72. The van der Waals surface area contributed by atoms with Crippen molar-refractivity contribution in [2.45, 2.75) is 18.0 Å². The summed E-state index contributed by atoms with van der Waals surface area (Å²) in [5.74, 6) is 1.05. The molecule has 14 heavy (non-hydrogen) atoms. The van der Waals surface area contributed by atoms with Crippen LogP contribution in [-0.4, -0.2) is 27.4 Å². The quantitative estimate of drug-likeness (QED) is 0.371. The fourth-order valence-corrected chi connectivity index (χ4v) is 1.79. The van der Waals surface area contributed by atoms with Gasteiger partial charge in [-0.2, -0.15) is 0 Å². The third-order valence-corrected chi connectivity index (χ3v) is 2.49. The smallest absolute Gasteiger partial charge is 0.253 e. The summed E-state index contributed by atoms with van der Waals surface area (Å²) >= 11 is 1.43. The minimum Gasteiger partial charge on any atom is -0.396 e. The maximum absolute atomic E-state index is 11.0. The molecule has 0 amide bonds. The van der Waals surface area contributed by atoms with E-state index in [1.54, 1.807) is 0 Å². The maximum atomic E-state index is 11.0. The number of aromatic amines is 1. The topological polar surface area (TPSA) is 92.0 Å². The van der Waals surface area contributed by atoms with Gasteiger partial charge in [0.25, 0.3) is 5.56 Å². The van der Waals surface area contributed by atoms with Gasteiger partial charge in [0.05, 0.1) is 0 Å². The van der Waals surface area contributed by atoms with Crippen LogP contribution in [0.15, 0.2) is 16.0 Å². The Hall–Kier alpha value is -1.01. The summed E-state index contributed by atoms with van der Waals surface area (Å²) in [5, 5.41) is 9.08. The molecular formula is C8H13N3O2S. The summed E-state index contributed by atoms with van der Waals surface area (Å²) in [6, 6.07) is 1.25. The molecule has 1 aromatic heterocycles. The average Bonchev–Trinajstić information content (AvgIpc) is 2.11. The maximum Gasteiger partial charge on any atom is 0.253 e. The Labute approximate surface area is 85.7 Å². The van der Waals surface area contributed by atoms with Crippen molar-refractivity contribution in [3.8, 4) is 0 Å². The third-order valence-electron chi connectivity index (χ3n) is 1.53. The van der Waals surface area contributed by atoms with Crippen molar-refractivity contribution >= 4 is 17.6 Å². The fourth-order valence-electron chi connectivity index (χ4n) is 0.904. The zero-order valence-electron chi connectivity index (χ0n) is 7.69. The number of nitrogens with one attached hydrogen (secondary N) is 1. The van der Waals surface area contributed by atoms with Crippen molar-refractivity contribution in [3.63, 3.8) is 0 Å². The number of hydrogen-bond acceptors (Lipinski definition) is 5. The second kappa shape index (κ2) is 5.66. The van der Waals surface area contributed by atoms with Crippen LogP contribution in [0.25, 0.3) is 0 Å². The summed E-state index contributed by atoms with van der Waals surface area (Å²) in [6.45, 7) is 0.196. The van der Waals surface area contributed by atoms with Crippen molar-refractivity contribution < 1.29 is 5.11 Å². The van der Waals surface area contributed by atoms with E-state index in [4.69, 9.17) is 10.8 Å². The first kappa shape index (κ1) is 11.1. The minimum atomic E-state index is -0.234. The Morgan fingerprint density at radius 2 is 2.36 bits per heavy atom. The molecule has 78 valence electrons. The van der Waals surface area contributed by atoms with E-state index in [0.717, 1.165) is 18.6 Å². The van der Waals surface area contributed by atoms with Crippen molar-refractivity contribution in [2.75, 3.05) is 18.1 Å². The van der Waals surface area contributed by atoms with Gasteiger partial charge in [-0.05, 0) is 12.8 Å². The van der Waals surface area contributed by atoms with E-state index in [1.165, 1.54) is 17.8 Å². The summed E-state index contributed by atoms with van der Waals surface area (Å²) in [4.78, 5) is 17.5. The van der Waals surface area contributed by atoms with Crippen LogP contribution in [0.2, 0.25) is 0 Å². The van der Waals surface area contributed by atoms with Gasteiger partial charge in [-0.25, -0.2) is 4.98 Å². The summed E-state index contributed by atoms with van der Waals surface area (Å²) in [5.41, 5.74) is 5.17. The van der Waals surface area contributed by atoms with E-state index in [1.807, 2.05) is 0 Å². The van der Waals surface area contributed by atoms with Crippen LogP contribution >= 0.6 is 11.8 Å². The lowest BCUT2D eigenvalue weighted by molar-refractivity contribution is 0.287. The Morgan fingerprint density at radius 1 is 1.57 bits per heavy atom. The molecule has 5 nitrogen and oxygen atoms in total. The largest absolute Gasteiger partial charge is 0.396 e. The number of aliphatic hydroxyl groups is 1. The Bertz CT molecular complexity index is 340. The van der Waals surface area contributed by atoms with E-state index in [9.17, 15) is 4.79 Å². The summed E-state index contributed by atoms with van der Waals surface area (Å²) < 4.78 is 0. The van der Waals surface area contributed by atoms with Crippen molar-refractivity contribution in [2.24, 2.45) is 0 Å². The van der Waals surface area contributed by atoms with Gasteiger partial charge in [0.2, 0.25) is 0 Å². The number of unbranched alkanes of at least 4 members (excludes halogenated alkanes) is 1. The standard InChI is InChI=1S/C8H13N3O2S/c9-6-5-7(13)11-8(10-6)14-4-2-1-3-12/h5,12H,1-4H2,(H3,9,10,11,13). The van der Waals surface area contributed by atoms with Gasteiger partial charge in [0.15, 0.2) is 5.16 Å². The number of nitrogens with zero attached hydrogens (tertiary/aromatic N) is 1. The van der Waals surface area contributed by atoms with Gasteiger partial charge in [-0.1, -0.05) is 11.8 Å². The highest BCUT2D eigenvalue weighted by Gasteiger charge is 1.98. The Balaban J connectivity index is 2.46. The summed E-state index contributed by atoms with van der Waals surface area (Å²) in [6.07, 6.45) is 1.65. The molecule has 0 spiro atoms. The molecule has 0 saturated carbocycles. The van der Waals surface area contributed by atoms with Gasteiger partial charge in [-0.15, -0.1) is 0 Å². The fraction of sp³-hybridized carbons (Fsp3) is 0.500. The molecule has 1 heterocycles. The van der Waals surface area contributed by atoms with Crippen LogP contribution in [0.5, 0.6) is 0 Å². The van der Waals surface area contributed by atoms with E-state index in [-0.39, 0.29) is 18.0 Å². The molecule has 0 aliphatic rings. The molecule has 0 aromatic carbocycles. The van der Waals surface area contributed by atoms with Gasteiger partial charge in [0, 0.05) is 18.4 Å². The highest BCUT2D eigenvalue weighted by Crippen LogP contribution is 2.13. The number of aromatic nitrogens is 2. The molecule has 0 atom stereocenters. The van der Waals surface area contributed by atoms with Gasteiger partial charge in [0.1, 0.15) is 5.82 Å².